The van der Waals surface area contributed by atoms with E-state index in [1.165, 1.54) is 22.9 Å². The molecule has 1 aromatic heterocycles. The van der Waals surface area contributed by atoms with Gasteiger partial charge in [-0.1, -0.05) is 11.6 Å². The fourth-order valence-corrected chi connectivity index (χ4v) is 3.60. The first-order valence-electron chi connectivity index (χ1n) is 5.01. The molecule has 0 spiro atoms. The fourth-order valence-electron chi connectivity index (χ4n) is 1.55. The molecular weight excluding hydrogens is 401 g/mol. The number of nitrogens with zero attached hydrogens (tertiary/aromatic N) is 1. The number of benzene rings is 1. The van der Waals surface area contributed by atoms with E-state index >= 15 is 0 Å². The number of aromatic nitrogens is 1. The zero-order valence-corrected chi connectivity index (χ0v) is 13.2. The van der Waals surface area contributed by atoms with Crippen LogP contribution in [-0.2, 0) is 0 Å². The van der Waals surface area contributed by atoms with Crippen LogP contribution in [0.2, 0.25) is 5.02 Å². The number of aromatic carboxylic acids is 1. The molecule has 7 heteroatoms. The molecule has 0 radical (unpaired) electrons. The van der Waals surface area contributed by atoms with Gasteiger partial charge in [0.25, 0.3) is 5.56 Å². The Morgan fingerprint density at radius 1 is 1.21 bits per heavy atom. The second kappa shape index (κ2) is 5.48. The number of carboxylic acid groups (broad SMARTS) is 1. The van der Waals surface area contributed by atoms with E-state index in [1.54, 1.807) is 12.1 Å². The minimum atomic E-state index is -1.10. The van der Waals surface area contributed by atoms with Crippen LogP contribution in [0.3, 0.4) is 0 Å². The largest absolute Gasteiger partial charge is 0.478 e. The van der Waals surface area contributed by atoms with Crippen LogP contribution in [0.1, 0.15) is 10.4 Å². The van der Waals surface area contributed by atoms with E-state index in [1.807, 2.05) is 0 Å². The van der Waals surface area contributed by atoms with Crippen molar-refractivity contribution in [1.82, 2.24) is 4.57 Å². The van der Waals surface area contributed by atoms with Gasteiger partial charge in [-0.15, -0.1) is 0 Å². The molecule has 0 aliphatic carbocycles. The van der Waals surface area contributed by atoms with Crippen molar-refractivity contribution in [3.8, 4) is 5.69 Å². The predicted octanol–water partition coefficient (Wildman–Crippen LogP) is 3.71. The Bertz CT molecular complexity index is 704. The zero-order valence-electron chi connectivity index (χ0n) is 9.23. The maximum atomic E-state index is 11.9. The molecular formula is C12H6Br2ClNO3. The lowest BCUT2D eigenvalue weighted by molar-refractivity contribution is 0.0696. The molecule has 4 nitrogen and oxygen atoms in total. The van der Waals surface area contributed by atoms with Crippen molar-refractivity contribution in [2.75, 3.05) is 0 Å². The van der Waals surface area contributed by atoms with E-state index in [9.17, 15) is 9.59 Å². The second-order valence-electron chi connectivity index (χ2n) is 3.65. The van der Waals surface area contributed by atoms with Crippen molar-refractivity contribution in [3.05, 3.63) is 60.3 Å². The minimum absolute atomic E-state index is 0.0216. The summed E-state index contributed by atoms with van der Waals surface area (Å²) >= 11 is 12.5. The summed E-state index contributed by atoms with van der Waals surface area (Å²) in [6, 6.07) is 5.72. The molecule has 0 unspecified atom stereocenters. The smallest absolute Gasteiger partial charge is 0.337 e. The highest BCUT2D eigenvalue weighted by atomic mass is 79.9. The van der Waals surface area contributed by atoms with Gasteiger partial charge in [-0.25, -0.2) is 4.79 Å². The average molecular weight is 407 g/mol. The Morgan fingerprint density at radius 2 is 1.79 bits per heavy atom. The molecule has 0 aliphatic heterocycles. The van der Waals surface area contributed by atoms with Crippen LogP contribution in [0.25, 0.3) is 5.69 Å². The van der Waals surface area contributed by atoms with Crippen molar-refractivity contribution in [1.29, 1.82) is 0 Å². The Labute approximate surface area is 129 Å². The highest BCUT2D eigenvalue weighted by molar-refractivity contribution is 9.11. The van der Waals surface area contributed by atoms with Crippen LogP contribution < -0.4 is 5.56 Å². The third-order valence-electron chi connectivity index (χ3n) is 2.38. The summed E-state index contributed by atoms with van der Waals surface area (Å²) in [5.74, 6) is -1.10. The van der Waals surface area contributed by atoms with Gasteiger partial charge in [-0.2, -0.15) is 0 Å². The summed E-state index contributed by atoms with van der Waals surface area (Å²) in [5, 5.41) is 9.46. The van der Waals surface area contributed by atoms with Gasteiger partial charge < -0.3 is 5.11 Å². The van der Waals surface area contributed by atoms with Crippen molar-refractivity contribution in [3.63, 3.8) is 0 Å². The van der Waals surface area contributed by atoms with E-state index < -0.39 is 5.97 Å². The van der Waals surface area contributed by atoms with Gasteiger partial charge in [-0.3, -0.25) is 9.36 Å². The quantitative estimate of drug-likeness (QED) is 0.826. The third-order valence-corrected chi connectivity index (χ3v) is 3.81. The van der Waals surface area contributed by atoms with Crippen LogP contribution in [0.15, 0.2) is 44.2 Å². The average Bonchev–Trinajstić information content (AvgIpc) is 2.29. The van der Waals surface area contributed by atoms with Crippen LogP contribution in [0.4, 0.5) is 0 Å². The summed E-state index contributed by atoms with van der Waals surface area (Å²) < 4.78 is 2.40. The molecule has 0 fully saturated rings. The molecule has 0 bridgehead atoms. The number of pyridine rings is 1. The van der Waals surface area contributed by atoms with Gasteiger partial charge in [0.1, 0.15) is 0 Å². The first kappa shape index (κ1) is 14.3. The van der Waals surface area contributed by atoms with Crippen LogP contribution in [0.5, 0.6) is 0 Å². The summed E-state index contributed by atoms with van der Waals surface area (Å²) in [7, 11) is 0. The normalized spacial score (nSPS) is 10.5. The molecule has 1 aromatic carbocycles. The molecule has 0 atom stereocenters. The Hall–Kier alpha value is -1.11. The Balaban J connectivity index is 2.75. The summed E-state index contributed by atoms with van der Waals surface area (Å²) in [4.78, 5) is 22.8. The molecule has 0 saturated carbocycles. The van der Waals surface area contributed by atoms with Crippen molar-refractivity contribution >= 4 is 49.4 Å². The third kappa shape index (κ3) is 2.91. The fraction of sp³-hybridized carbons (Fsp3) is 0. The van der Waals surface area contributed by atoms with Crippen molar-refractivity contribution in [2.24, 2.45) is 0 Å². The molecule has 0 saturated heterocycles. The minimum Gasteiger partial charge on any atom is -0.478 e. The summed E-state index contributed by atoms with van der Waals surface area (Å²) in [6.07, 6.45) is 1.27. The topological polar surface area (TPSA) is 59.3 Å². The van der Waals surface area contributed by atoms with Gasteiger partial charge in [0.05, 0.1) is 11.3 Å². The highest BCUT2D eigenvalue weighted by Gasteiger charge is 2.13. The van der Waals surface area contributed by atoms with E-state index in [4.69, 9.17) is 16.7 Å². The lowest BCUT2D eigenvalue weighted by atomic mass is 10.2. The number of hydrogen-bond acceptors (Lipinski definition) is 2. The molecule has 0 amide bonds. The van der Waals surface area contributed by atoms with Gasteiger partial charge >= 0.3 is 5.97 Å². The van der Waals surface area contributed by atoms with E-state index in [2.05, 4.69) is 31.9 Å². The summed E-state index contributed by atoms with van der Waals surface area (Å²) in [5.41, 5.74) is 0.180. The number of carboxylic acids is 1. The first-order chi connectivity index (χ1) is 8.90. The number of halogens is 3. The molecule has 1 N–H and O–H groups in total. The number of carbonyl (C=O) groups is 1. The van der Waals surface area contributed by atoms with Crippen molar-refractivity contribution < 1.29 is 9.90 Å². The number of rotatable bonds is 2. The molecule has 98 valence electrons. The molecule has 0 aliphatic rings. The van der Waals surface area contributed by atoms with Crippen LogP contribution in [0, 0.1) is 0 Å². The molecule has 2 rings (SSSR count). The Kier molecular flexibility index (Phi) is 4.13. The second-order valence-corrected chi connectivity index (χ2v) is 5.79. The zero-order chi connectivity index (χ0) is 14.2. The molecule has 2 aromatic rings. The maximum Gasteiger partial charge on any atom is 0.337 e. The molecule has 19 heavy (non-hydrogen) atoms. The van der Waals surface area contributed by atoms with Gasteiger partial charge in [0, 0.05) is 26.2 Å². The van der Waals surface area contributed by atoms with Gasteiger partial charge in [-0.05, 0) is 50.1 Å². The SMILES string of the molecule is O=C(O)c1ccc(=O)n(-c2c(Br)cc(Cl)cc2Br)c1. The number of hydrogen-bond donors (Lipinski definition) is 1. The highest BCUT2D eigenvalue weighted by Crippen LogP contribution is 2.32. The Morgan fingerprint density at radius 3 is 2.32 bits per heavy atom. The van der Waals surface area contributed by atoms with E-state index in [0.717, 1.165) is 0 Å². The van der Waals surface area contributed by atoms with Crippen molar-refractivity contribution in [2.45, 2.75) is 0 Å². The first-order valence-corrected chi connectivity index (χ1v) is 6.97. The van der Waals surface area contributed by atoms with Crippen LogP contribution >= 0.6 is 43.5 Å². The lowest BCUT2D eigenvalue weighted by Gasteiger charge is -2.11. The lowest BCUT2D eigenvalue weighted by Crippen LogP contribution is -2.19. The van der Waals surface area contributed by atoms with Crippen LogP contribution in [-0.4, -0.2) is 15.6 Å². The predicted molar refractivity (Wildman–Crippen MR) is 79.4 cm³/mol. The summed E-state index contributed by atoms with van der Waals surface area (Å²) in [6.45, 7) is 0. The molecule has 1 heterocycles. The van der Waals surface area contributed by atoms with E-state index in [-0.39, 0.29) is 11.1 Å². The monoisotopic (exact) mass is 405 g/mol. The van der Waals surface area contributed by atoms with Gasteiger partial charge in [0.2, 0.25) is 0 Å². The maximum absolute atomic E-state index is 11.9. The van der Waals surface area contributed by atoms with Gasteiger partial charge in [0.15, 0.2) is 0 Å². The standard InChI is InChI=1S/C12H6Br2ClNO3/c13-8-3-7(15)4-9(14)11(8)16-5-6(12(18)19)1-2-10(16)17/h1-5H,(H,18,19). The van der Waals surface area contributed by atoms with E-state index in [0.29, 0.717) is 19.7 Å².